The zero-order chi connectivity index (χ0) is 19.4. The van der Waals surface area contributed by atoms with Crippen molar-refractivity contribution in [2.45, 2.75) is 0 Å². The lowest BCUT2D eigenvalue weighted by atomic mass is 10.1. The van der Waals surface area contributed by atoms with Crippen molar-refractivity contribution < 1.29 is 18.9 Å². The van der Waals surface area contributed by atoms with Crippen molar-refractivity contribution in [3.63, 3.8) is 0 Å². The van der Waals surface area contributed by atoms with Crippen LogP contribution in [0.5, 0.6) is 23.0 Å². The SMILES string of the molecule is COc1cc(OC)c2c(c1)[nH]c1cc3c(cc12)[nH]c1cc(OC)cc(OC)c13. The van der Waals surface area contributed by atoms with Crippen LogP contribution in [0.4, 0.5) is 0 Å². The second-order valence-electron chi connectivity index (χ2n) is 6.70. The second kappa shape index (κ2) is 5.99. The van der Waals surface area contributed by atoms with Crippen LogP contribution in [0, 0.1) is 0 Å². The van der Waals surface area contributed by atoms with E-state index in [0.717, 1.165) is 66.6 Å². The normalized spacial score (nSPS) is 11.6. The van der Waals surface area contributed by atoms with E-state index in [2.05, 4.69) is 22.1 Å². The fourth-order valence-electron chi connectivity index (χ4n) is 4.00. The molecule has 0 fully saturated rings. The molecule has 6 heteroatoms. The Morgan fingerprint density at radius 3 is 1.29 bits per heavy atom. The fraction of sp³-hybridized carbons (Fsp3) is 0.182. The highest BCUT2D eigenvalue weighted by molar-refractivity contribution is 6.19. The maximum atomic E-state index is 5.63. The Morgan fingerprint density at radius 1 is 0.500 bits per heavy atom. The van der Waals surface area contributed by atoms with Gasteiger partial charge in [0.1, 0.15) is 23.0 Å². The molecule has 28 heavy (non-hydrogen) atoms. The molecule has 0 saturated carbocycles. The van der Waals surface area contributed by atoms with Crippen LogP contribution < -0.4 is 18.9 Å². The number of H-pyrrole nitrogens is 2. The number of hydrogen-bond acceptors (Lipinski definition) is 4. The summed E-state index contributed by atoms with van der Waals surface area (Å²) in [5.41, 5.74) is 3.98. The molecule has 0 saturated heterocycles. The predicted molar refractivity (Wildman–Crippen MR) is 111 cm³/mol. The summed E-state index contributed by atoms with van der Waals surface area (Å²) in [6.45, 7) is 0. The third-order valence-corrected chi connectivity index (χ3v) is 5.30. The Hall–Kier alpha value is -3.54. The van der Waals surface area contributed by atoms with Gasteiger partial charge in [-0.1, -0.05) is 0 Å². The van der Waals surface area contributed by atoms with Gasteiger partial charge in [-0.25, -0.2) is 0 Å². The Kier molecular flexibility index (Phi) is 3.55. The van der Waals surface area contributed by atoms with E-state index in [0.29, 0.717) is 0 Å². The monoisotopic (exact) mass is 376 g/mol. The van der Waals surface area contributed by atoms with Crippen molar-refractivity contribution in [2.75, 3.05) is 28.4 Å². The van der Waals surface area contributed by atoms with Gasteiger partial charge >= 0.3 is 0 Å². The summed E-state index contributed by atoms with van der Waals surface area (Å²) in [6, 6.07) is 12.1. The number of benzene rings is 3. The number of rotatable bonds is 4. The molecule has 0 aliphatic heterocycles. The molecule has 0 spiro atoms. The average Bonchev–Trinajstić information content (AvgIpc) is 3.27. The number of aromatic nitrogens is 2. The lowest BCUT2D eigenvalue weighted by Crippen LogP contribution is -1.87. The molecule has 0 amide bonds. The molecule has 0 aliphatic carbocycles. The highest BCUT2D eigenvalue weighted by Gasteiger charge is 2.17. The van der Waals surface area contributed by atoms with E-state index in [-0.39, 0.29) is 0 Å². The van der Waals surface area contributed by atoms with Crippen LogP contribution in [0.2, 0.25) is 0 Å². The Balaban J connectivity index is 1.90. The molecule has 0 atom stereocenters. The topological polar surface area (TPSA) is 68.5 Å². The molecule has 0 bridgehead atoms. The molecule has 2 heterocycles. The lowest BCUT2D eigenvalue weighted by molar-refractivity contribution is 0.398. The molecule has 0 unspecified atom stereocenters. The third-order valence-electron chi connectivity index (χ3n) is 5.30. The van der Waals surface area contributed by atoms with Crippen LogP contribution in [0.1, 0.15) is 0 Å². The van der Waals surface area contributed by atoms with Crippen LogP contribution in [0.15, 0.2) is 36.4 Å². The fourth-order valence-corrected chi connectivity index (χ4v) is 4.00. The summed E-state index contributed by atoms with van der Waals surface area (Å²) in [5.74, 6) is 3.05. The first-order valence-corrected chi connectivity index (χ1v) is 8.91. The van der Waals surface area contributed by atoms with E-state index in [9.17, 15) is 0 Å². The van der Waals surface area contributed by atoms with Gasteiger partial charge in [0.05, 0.1) is 39.5 Å². The number of aromatic amines is 2. The first-order chi connectivity index (χ1) is 13.7. The van der Waals surface area contributed by atoms with Gasteiger partial charge < -0.3 is 28.9 Å². The minimum Gasteiger partial charge on any atom is -0.497 e. The average molecular weight is 376 g/mol. The summed E-state index contributed by atoms with van der Waals surface area (Å²) in [7, 11) is 6.65. The minimum absolute atomic E-state index is 0.751. The standard InChI is InChI=1S/C22H20N2O4/c1-25-11-5-17-21(19(7-11)27-3)13-9-16-14(10-15(13)23-17)22-18(24-16)6-12(26-2)8-20(22)28-4/h5-10,23-24H,1-4H3. The first kappa shape index (κ1) is 16.6. The molecule has 142 valence electrons. The minimum atomic E-state index is 0.751. The van der Waals surface area contributed by atoms with Crippen LogP contribution in [0.3, 0.4) is 0 Å². The molecular weight excluding hydrogens is 356 g/mol. The van der Waals surface area contributed by atoms with Crippen LogP contribution in [-0.4, -0.2) is 38.4 Å². The molecule has 5 rings (SSSR count). The van der Waals surface area contributed by atoms with Crippen LogP contribution >= 0.6 is 0 Å². The van der Waals surface area contributed by atoms with Gasteiger partial charge in [-0.05, 0) is 12.1 Å². The molecule has 0 radical (unpaired) electrons. The Bertz CT molecular complexity index is 1260. The molecule has 2 N–H and O–H groups in total. The number of ether oxygens (including phenoxy) is 4. The van der Waals surface area contributed by atoms with Crippen molar-refractivity contribution in [1.29, 1.82) is 0 Å². The van der Waals surface area contributed by atoms with Gasteiger partial charge in [0, 0.05) is 56.8 Å². The Labute approximate surface area is 160 Å². The number of methoxy groups -OCH3 is 4. The van der Waals surface area contributed by atoms with Crippen molar-refractivity contribution >= 4 is 43.6 Å². The Morgan fingerprint density at radius 2 is 0.929 bits per heavy atom. The molecular formula is C22H20N2O4. The number of nitrogens with one attached hydrogen (secondary N) is 2. The van der Waals surface area contributed by atoms with Crippen LogP contribution in [0.25, 0.3) is 43.6 Å². The van der Waals surface area contributed by atoms with E-state index in [1.54, 1.807) is 28.4 Å². The van der Waals surface area contributed by atoms with E-state index in [4.69, 9.17) is 18.9 Å². The maximum Gasteiger partial charge on any atom is 0.132 e. The molecule has 5 aromatic rings. The lowest BCUT2D eigenvalue weighted by Gasteiger charge is -2.06. The van der Waals surface area contributed by atoms with Gasteiger partial charge in [-0.15, -0.1) is 0 Å². The predicted octanol–water partition coefficient (Wildman–Crippen LogP) is 4.99. The van der Waals surface area contributed by atoms with Gasteiger partial charge in [0.15, 0.2) is 0 Å². The summed E-state index contributed by atoms with van der Waals surface area (Å²) < 4.78 is 22.1. The maximum absolute atomic E-state index is 5.63. The van der Waals surface area contributed by atoms with Gasteiger partial charge in [0.25, 0.3) is 0 Å². The smallest absolute Gasteiger partial charge is 0.132 e. The zero-order valence-corrected chi connectivity index (χ0v) is 16.1. The highest BCUT2D eigenvalue weighted by atomic mass is 16.5. The van der Waals surface area contributed by atoms with Crippen molar-refractivity contribution in [1.82, 2.24) is 9.97 Å². The van der Waals surface area contributed by atoms with E-state index >= 15 is 0 Å². The summed E-state index contributed by atoms with van der Waals surface area (Å²) in [5, 5.41) is 4.23. The molecule has 2 aromatic heterocycles. The largest absolute Gasteiger partial charge is 0.497 e. The first-order valence-electron chi connectivity index (χ1n) is 8.91. The third kappa shape index (κ3) is 2.21. The molecule has 3 aromatic carbocycles. The quantitative estimate of drug-likeness (QED) is 0.464. The van der Waals surface area contributed by atoms with Crippen LogP contribution in [-0.2, 0) is 0 Å². The summed E-state index contributed by atoms with van der Waals surface area (Å²) >= 11 is 0. The van der Waals surface area contributed by atoms with Crippen molar-refractivity contribution in [3.05, 3.63) is 36.4 Å². The number of fused-ring (bicyclic) bond motifs is 6. The number of hydrogen-bond donors (Lipinski definition) is 2. The summed E-state index contributed by atoms with van der Waals surface area (Å²) in [6.07, 6.45) is 0. The zero-order valence-electron chi connectivity index (χ0n) is 16.1. The molecule has 0 aliphatic rings. The van der Waals surface area contributed by atoms with Gasteiger partial charge in [-0.2, -0.15) is 0 Å². The van der Waals surface area contributed by atoms with Gasteiger partial charge in [-0.3, -0.25) is 0 Å². The van der Waals surface area contributed by atoms with Crippen molar-refractivity contribution in [3.8, 4) is 23.0 Å². The second-order valence-corrected chi connectivity index (χ2v) is 6.70. The van der Waals surface area contributed by atoms with E-state index in [1.807, 2.05) is 24.3 Å². The van der Waals surface area contributed by atoms with Crippen molar-refractivity contribution in [2.24, 2.45) is 0 Å². The van der Waals surface area contributed by atoms with E-state index in [1.165, 1.54) is 0 Å². The van der Waals surface area contributed by atoms with E-state index < -0.39 is 0 Å². The molecule has 6 nitrogen and oxygen atoms in total. The summed E-state index contributed by atoms with van der Waals surface area (Å²) in [4.78, 5) is 6.99. The van der Waals surface area contributed by atoms with Gasteiger partial charge in [0.2, 0.25) is 0 Å². The highest BCUT2D eigenvalue weighted by Crippen LogP contribution is 2.41.